The van der Waals surface area contributed by atoms with E-state index >= 15 is 0 Å². The molecule has 3 aliphatic rings. The Kier molecular flexibility index (Phi) is 8.17. The van der Waals surface area contributed by atoms with Crippen LogP contribution in [0.2, 0.25) is 0 Å². The molecule has 2 bridgehead atoms. The molecule has 4 heterocycles. The summed E-state index contributed by atoms with van der Waals surface area (Å²) in [4.78, 5) is 42.4. The smallest absolute Gasteiger partial charge is 0.410 e. The molecule has 246 valence electrons. The molecule has 13 heteroatoms. The maximum atomic E-state index is 13.9. The Morgan fingerprint density at radius 1 is 1.11 bits per heavy atom. The Morgan fingerprint density at radius 2 is 1.83 bits per heavy atom. The van der Waals surface area contributed by atoms with Gasteiger partial charge in [-0.2, -0.15) is 9.40 Å². The van der Waals surface area contributed by atoms with Gasteiger partial charge in [-0.3, -0.25) is 9.59 Å². The molecule has 2 atom stereocenters. The fraction of sp³-hybridized carbons (Fsp3) is 0.515. The summed E-state index contributed by atoms with van der Waals surface area (Å²) in [5.74, 6) is -0.837. The third kappa shape index (κ3) is 5.88. The number of carbonyl (C=O) groups is 3. The molecule has 2 fully saturated rings. The lowest BCUT2D eigenvalue weighted by molar-refractivity contribution is 0.0941. The van der Waals surface area contributed by atoms with Crippen LogP contribution in [-0.4, -0.2) is 71.0 Å². The molecule has 46 heavy (non-hydrogen) atoms. The molecule has 2 amide bonds. The third-order valence-electron chi connectivity index (χ3n) is 9.32. The number of carbonyl (C=O) groups excluding carboxylic acids is 3. The van der Waals surface area contributed by atoms with Gasteiger partial charge in [-0.15, -0.1) is 11.3 Å². The lowest BCUT2D eigenvalue weighted by atomic mass is 9.65. The van der Waals surface area contributed by atoms with Gasteiger partial charge in [0.2, 0.25) is 10.0 Å². The van der Waals surface area contributed by atoms with Gasteiger partial charge in [0.05, 0.1) is 29.3 Å². The van der Waals surface area contributed by atoms with Crippen LogP contribution in [0.4, 0.5) is 9.80 Å². The number of thiophene rings is 1. The van der Waals surface area contributed by atoms with Crippen molar-refractivity contribution in [3.63, 3.8) is 0 Å². The highest BCUT2D eigenvalue weighted by atomic mass is 32.2. The topological polar surface area (TPSA) is 131 Å². The van der Waals surface area contributed by atoms with E-state index in [0.29, 0.717) is 41.5 Å². The van der Waals surface area contributed by atoms with Crippen LogP contribution in [0.3, 0.4) is 0 Å². The molecule has 0 radical (unpaired) electrons. The van der Waals surface area contributed by atoms with Crippen molar-refractivity contribution in [3.05, 3.63) is 63.3 Å². The average Bonchev–Trinajstić information content (AvgIpc) is 3.60. The van der Waals surface area contributed by atoms with Crippen LogP contribution in [0.5, 0.6) is 0 Å². The Morgan fingerprint density at radius 3 is 2.48 bits per heavy atom. The van der Waals surface area contributed by atoms with Crippen LogP contribution in [0, 0.1) is 24.7 Å². The maximum absolute atomic E-state index is 13.9. The minimum absolute atomic E-state index is 0.0375. The number of aromatic nitrogens is 2. The number of nitrogens with zero attached hydrogens (tertiary/aromatic N) is 4. The number of sulfonamides is 1. The summed E-state index contributed by atoms with van der Waals surface area (Å²) < 4.78 is 35.7. The molecule has 1 aromatic carbocycles. The zero-order valence-electron chi connectivity index (χ0n) is 27.2. The molecule has 1 aliphatic carbocycles. The summed E-state index contributed by atoms with van der Waals surface area (Å²) in [7, 11) is -3.75. The molecule has 11 nitrogen and oxygen atoms in total. The highest BCUT2D eigenvalue weighted by Gasteiger charge is 2.53. The highest BCUT2D eigenvalue weighted by molar-refractivity contribution is 7.89. The number of ether oxygens (including phenoxy) is 1. The highest BCUT2D eigenvalue weighted by Crippen LogP contribution is 2.53. The van der Waals surface area contributed by atoms with E-state index in [4.69, 9.17) is 4.74 Å². The van der Waals surface area contributed by atoms with Gasteiger partial charge in [0.15, 0.2) is 0 Å². The molecule has 1 N–H and O–H groups in total. The van der Waals surface area contributed by atoms with Gasteiger partial charge in [-0.05, 0) is 93.2 Å². The molecular formula is C33H41N5O6S2. The molecule has 1 saturated carbocycles. The minimum atomic E-state index is -3.75. The van der Waals surface area contributed by atoms with Crippen molar-refractivity contribution in [2.24, 2.45) is 10.8 Å². The van der Waals surface area contributed by atoms with Crippen molar-refractivity contribution < 1.29 is 27.5 Å². The standard InChI is InChI=1S/C33H41N5O6S2/c1-7-44-31(41)36-13-12-25-26(17-36)45-29(27(25)30(40)38-21(3)14-20(2)35-38)34-28(39)22-8-10-24(11-9-22)46(42,43)37-19-33(6)16-23(37)15-32(4,5)18-33/h8-11,14,23H,7,12-13,15-19H2,1-6H3,(H,34,39). The van der Waals surface area contributed by atoms with Gasteiger partial charge in [0.1, 0.15) is 5.00 Å². The number of hydrogen-bond acceptors (Lipinski definition) is 8. The lowest BCUT2D eigenvalue weighted by Gasteiger charge is -2.39. The van der Waals surface area contributed by atoms with Crippen molar-refractivity contribution in [1.82, 2.24) is 19.0 Å². The SMILES string of the molecule is CCOC(=O)N1CCc2c(sc(NC(=O)c3ccc(S(=O)(=O)N4CC5(C)CC4CC(C)(C)C5)cc3)c2C(=O)n2nc(C)cc2C)C1. The van der Waals surface area contributed by atoms with Crippen LogP contribution >= 0.6 is 11.3 Å². The number of aryl methyl sites for hydroxylation is 2. The van der Waals surface area contributed by atoms with E-state index in [9.17, 15) is 22.8 Å². The lowest BCUT2D eigenvalue weighted by Crippen LogP contribution is -2.37. The largest absolute Gasteiger partial charge is 0.450 e. The Bertz CT molecular complexity index is 1830. The van der Waals surface area contributed by atoms with Crippen LogP contribution in [0.25, 0.3) is 0 Å². The summed E-state index contributed by atoms with van der Waals surface area (Å²) in [6.07, 6.45) is 2.66. The number of hydrogen-bond donors (Lipinski definition) is 1. The zero-order valence-corrected chi connectivity index (χ0v) is 28.8. The van der Waals surface area contributed by atoms with Crippen LogP contribution in [0.15, 0.2) is 35.2 Å². The van der Waals surface area contributed by atoms with Gasteiger partial charge >= 0.3 is 6.09 Å². The van der Waals surface area contributed by atoms with E-state index in [1.54, 1.807) is 30.0 Å². The molecule has 1 saturated heterocycles. The van der Waals surface area contributed by atoms with E-state index in [0.717, 1.165) is 29.7 Å². The first-order chi connectivity index (χ1) is 21.6. The van der Waals surface area contributed by atoms with Crippen molar-refractivity contribution in [2.45, 2.75) is 84.7 Å². The first-order valence-corrected chi connectivity index (χ1v) is 17.9. The van der Waals surface area contributed by atoms with Crippen molar-refractivity contribution in [2.75, 3.05) is 25.0 Å². The number of fused-ring (bicyclic) bond motifs is 3. The van der Waals surface area contributed by atoms with Crippen molar-refractivity contribution >= 4 is 44.3 Å². The van der Waals surface area contributed by atoms with Crippen LogP contribution in [-0.2, 0) is 27.7 Å². The number of rotatable bonds is 6. The number of anilines is 1. The predicted molar refractivity (Wildman–Crippen MR) is 175 cm³/mol. The van der Waals surface area contributed by atoms with E-state index in [2.05, 4.69) is 31.2 Å². The Labute approximate surface area is 274 Å². The normalized spacial score (nSPS) is 22.4. The van der Waals surface area contributed by atoms with Gasteiger partial charge < -0.3 is 15.0 Å². The molecule has 2 aromatic heterocycles. The second-order valence-electron chi connectivity index (χ2n) is 14.0. The molecule has 6 rings (SSSR count). The maximum Gasteiger partial charge on any atom is 0.410 e. The summed E-state index contributed by atoms with van der Waals surface area (Å²) in [6, 6.07) is 7.76. The molecule has 0 spiro atoms. The summed E-state index contributed by atoms with van der Waals surface area (Å²) >= 11 is 1.25. The molecular weight excluding hydrogens is 627 g/mol. The van der Waals surface area contributed by atoms with Crippen LogP contribution in [0.1, 0.15) is 89.5 Å². The van der Waals surface area contributed by atoms with Gasteiger partial charge in [-0.1, -0.05) is 20.8 Å². The van der Waals surface area contributed by atoms with E-state index in [1.165, 1.54) is 40.3 Å². The quantitative estimate of drug-likeness (QED) is 0.362. The minimum Gasteiger partial charge on any atom is -0.450 e. The Hall–Kier alpha value is -3.55. The first kappa shape index (κ1) is 32.4. The van der Waals surface area contributed by atoms with Crippen molar-refractivity contribution in [1.29, 1.82) is 0 Å². The molecule has 3 aromatic rings. The van der Waals surface area contributed by atoms with Gasteiger partial charge in [-0.25, -0.2) is 17.9 Å². The summed E-state index contributed by atoms with van der Waals surface area (Å²) in [5.41, 5.74) is 2.77. The van der Waals surface area contributed by atoms with Crippen molar-refractivity contribution in [3.8, 4) is 0 Å². The second kappa shape index (κ2) is 11.6. The fourth-order valence-electron chi connectivity index (χ4n) is 7.81. The first-order valence-electron chi connectivity index (χ1n) is 15.7. The number of nitrogens with one attached hydrogen (secondary N) is 1. The fourth-order valence-corrected chi connectivity index (χ4v) is 10.8. The zero-order chi connectivity index (χ0) is 33.2. The monoisotopic (exact) mass is 667 g/mol. The van der Waals surface area contributed by atoms with E-state index in [-0.39, 0.29) is 46.4 Å². The van der Waals surface area contributed by atoms with E-state index in [1.807, 2.05) is 6.07 Å². The number of benzene rings is 1. The van der Waals surface area contributed by atoms with Gasteiger partial charge in [0, 0.05) is 35.3 Å². The van der Waals surface area contributed by atoms with Crippen LogP contribution < -0.4 is 5.32 Å². The summed E-state index contributed by atoms with van der Waals surface area (Å²) in [6.45, 7) is 13.3. The summed E-state index contributed by atoms with van der Waals surface area (Å²) in [5, 5.41) is 7.64. The van der Waals surface area contributed by atoms with E-state index < -0.39 is 22.0 Å². The van der Waals surface area contributed by atoms with Gasteiger partial charge in [0.25, 0.3) is 11.8 Å². The Balaban J connectivity index is 1.26. The predicted octanol–water partition coefficient (Wildman–Crippen LogP) is 5.61. The average molecular weight is 668 g/mol. The third-order valence-corrected chi connectivity index (χ3v) is 12.4. The molecule has 2 aliphatic heterocycles. The second-order valence-corrected chi connectivity index (χ2v) is 17.0. The molecule has 2 unspecified atom stereocenters. The number of amides is 2.